The van der Waals surface area contributed by atoms with Gasteiger partial charge in [0.25, 0.3) is 0 Å². The Morgan fingerprint density at radius 3 is 2.33 bits per heavy atom. The van der Waals surface area contributed by atoms with Gasteiger partial charge in [0.2, 0.25) is 21.8 Å². The highest BCUT2D eigenvalue weighted by atomic mass is 32.2. The van der Waals surface area contributed by atoms with Crippen molar-refractivity contribution in [2.24, 2.45) is 5.14 Å². The summed E-state index contributed by atoms with van der Waals surface area (Å²) in [4.78, 5) is 39.3. The lowest BCUT2D eigenvalue weighted by molar-refractivity contribution is -0.161. The highest BCUT2D eigenvalue weighted by Gasteiger charge is 2.64. The van der Waals surface area contributed by atoms with Crippen LogP contribution in [-0.2, 0) is 31.0 Å². The first-order valence-electron chi connectivity index (χ1n) is 11.7. The molecule has 0 unspecified atom stereocenters. The summed E-state index contributed by atoms with van der Waals surface area (Å²) in [5.41, 5.74) is 1.16. The van der Waals surface area contributed by atoms with Crippen molar-refractivity contribution in [3.63, 3.8) is 0 Å². The number of benzene rings is 2. The van der Waals surface area contributed by atoms with Crippen molar-refractivity contribution in [3.8, 4) is 5.75 Å². The van der Waals surface area contributed by atoms with Crippen LogP contribution in [0.5, 0.6) is 5.75 Å². The number of aromatic hydroxyl groups is 1. The first kappa shape index (κ1) is 28.6. The summed E-state index contributed by atoms with van der Waals surface area (Å²) in [5, 5.41) is 32.6. The van der Waals surface area contributed by atoms with E-state index in [1.54, 1.807) is 26.0 Å². The number of carbonyl (C=O) groups excluding carboxylic acids is 2. The van der Waals surface area contributed by atoms with Crippen LogP contribution in [0, 0.1) is 0 Å². The Labute approximate surface area is 234 Å². The van der Waals surface area contributed by atoms with E-state index in [-0.39, 0.29) is 22.3 Å². The molecule has 12 nitrogen and oxygen atoms in total. The van der Waals surface area contributed by atoms with Gasteiger partial charge in [-0.3, -0.25) is 9.59 Å². The molecule has 4 rings (SSSR count). The zero-order valence-electron chi connectivity index (χ0n) is 20.8. The second-order valence-electron chi connectivity index (χ2n) is 9.62. The second-order valence-corrected chi connectivity index (χ2v) is 13.4. The minimum Gasteiger partial charge on any atom is -0.508 e. The highest BCUT2D eigenvalue weighted by molar-refractivity contribution is 8.01. The van der Waals surface area contributed by atoms with Crippen molar-refractivity contribution in [1.82, 2.24) is 20.9 Å². The fourth-order valence-corrected chi connectivity index (χ4v) is 6.84. The summed E-state index contributed by atoms with van der Waals surface area (Å²) in [6.07, 6.45) is 0. The van der Waals surface area contributed by atoms with Gasteiger partial charge in [-0.1, -0.05) is 24.3 Å². The maximum absolute atomic E-state index is 13.4. The summed E-state index contributed by atoms with van der Waals surface area (Å²) < 4.78 is 22.1. The normalized spacial score (nSPS) is 22.3. The molecule has 0 spiro atoms. The number of rotatable bonds is 8. The van der Waals surface area contributed by atoms with Gasteiger partial charge in [-0.2, -0.15) is 0 Å². The fraction of sp³-hybridized carbons (Fsp3) is 0.333. The number of aliphatic carboxylic acids is 1. The number of fused-ring (bicyclic) bond motifs is 1. The number of carbonyl (C=O) groups is 3. The molecule has 2 aliphatic heterocycles. The molecule has 39 heavy (non-hydrogen) atoms. The van der Waals surface area contributed by atoms with Gasteiger partial charge in [0.05, 0.1) is 4.90 Å². The number of sulfonamides is 1. The molecule has 15 heteroatoms. The third-order valence-electron chi connectivity index (χ3n) is 6.44. The number of nitrogens with one attached hydrogen (secondary N) is 3. The molecule has 2 aliphatic rings. The van der Waals surface area contributed by atoms with E-state index in [2.05, 4.69) is 16.0 Å². The number of thioether (sulfide) groups is 1. The average Bonchev–Trinajstić information content (AvgIpc) is 3.12. The maximum atomic E-state index is 13.4. The second kappa shape index (κ2) is 10.6. The molecule has 0 radical (unpaired) electrons. The van der Waals surface area contributed by atoms with Gasteiger partial charge >= 0.3 is 5.97 Å². The first-order chi connectivity index (χ1) is 18.2. The zero-order chi connectivity index (χ0) is 28.7. The number of phenols is 1. The van der Waals surface area contributed by atoms with Crippen LogP contribution in [0.25, 0.3) is 0 Å². The standard InChI is InChI=1S/C24H27N5O7S3/c1-24(2)18(22(33)34)29-20(32)17(21(29)38-24)27-19(31)16(13-5-7-14(30)8-6-13)28-23(37)26-11-12-3-9-15(10-4-12)39(25,35)36/h3-10,16-18,21,30H,11H2,1-2H3,(H,27,31)(H,33,34)(H2,25,35,36)(H2,26,28,37)/t16-,17-,18+,21-/m1/s1. The summed E-state index contributed by atoms with van der Waals surface area (Å²) in [5.74, 6) is -2.16. The average molecular weight is 594 g/mol. The van der Waals surface area contributed by atoms with Crippen molar-refractivity contribution in [1.29, 1.82) is 0 Å². The molecule has 2 fully saturated rings. The van der Waals surface area contributed by atoms with Crippen LogP contribution in [0.15, 0.2) is 53.4 Å². The third kappa shape index (κ3) is 5.95. The van der Waals surface area contributed by atoms with Crippen molar-refractivity contribution >= 4 is 56.9 Å². The van der Waals surface area contributed by atoms with E-state index in [0.29, 0.717) is 11.1 Å². The number of primary sulfonamides is 1. The van der Waals surface area contributed by atoms with Gasteiger partial charge < -0.3 is 31.1 Å². The van der Waals surface area contributed by atoms with Gasteiger partial charge in [0, 0.05) is 11.3 Å². The van der Waals surface area contributed by atoms with E-state index >= 15 is 0 Å². The van der Waals surface area contributed by atoms with E-state index in [1.165, 1.54) is 53.1 Å². The van der Waals surface area contributed by atoms with Gasteiger partial charge in [0.1, 0.15) is 29.2 Å². The monoisotopic (exact) mass is 593 g/mol. The number of carboxylic acids is 1. The molecule has 2 heterocycles. The Balaban J connectivity index is 1.45. The Hall–Kier alpha value is -3.40. The Kier molecular flexibility index (Phi) is 7.80. The number of nitrogens with two attached hydrogens (primary N) is 1. The lowest BCUT2D eigenvalue weighted by atomic mass is 9.95. The molecular weight excluding hydrogens is 566 g/mol. The van der Waals surface area contributed by atoms with Gasteiger partial charge in [-0.25, -0.2) is 18.4 Å². The predicted molar refractivity (Wildman–Crippen MR) is 147 cm³/mol. The number of nitrogens with zero attached hydrogens (tertiary/aromatic N) is 1. The molecule has 2 saturated heterocycles. The topological polar surface area (TPSA) is 191 Å². The lowest BCUT2D eigenvalue weighted by Gasteiger charge is -2.44. The van der Waals surface area contributed by atoms with Crippen LogP contribution in [0.4, 0.5) is 0 Å². The minimum absolute atomic E-state index is 0.00402. The Morgan fingerprint density at radius 1 is 1.15 bits per heavy atom. The largest absolute Gasteiger partial charge is 0.508 e. The number of amides is 2. The first-order valence-corrected chi connectivity index (χ1v) is 14.5. The third-order valence-corrected chi connectivity index (χ3v) is 9.20. The van der Waals surface area contributed by atoms with E-state index in [0.717, 1.165) is 0 Å². The molecule has 7 N–H and O–H groups in total. The number of carboxylic acid groups (broad SMARTS) is 1. The van der Waals surface area contributed by atoms with Gasteiger partial charge in [0.15, 0.2) is 5.11 Å². The smallest absolute Gasteiger partial charge is 0.327 e. The molecule has 0 aromatic heterocycles. The van der Waals surface area contributed by atoms with Gasteiger partial charge in [-0.05, 0) is 61.5 Å². The zero-order valence-corrected chi connectivity index (χ0v) is 23.3. The molecular formula is C24H27N5O7S3. The van der Waals surface area contributed by atoms with Crippen molar-refractivity contribution < 1.29 is 33.0 Å². The van der Waals surface area contributed by atoms with Crippen LogP contribution < -0.4 is 21.1 Å². The molecule has 0 aliphatic carbocycles. The maximum Gasteiger partial charge on any atom is 0.327 e. The SMILES string of the molecule is CC1(C)S[C@@H]2[C@H](NC(=O)[C@H](NC(=S)NCc3ccc(S(N)(=O)=O)cc3)c3ccc(O)cc3)C(=O)N2[C@H]1C(=O)O. The summed E-state index contributed by atoms with van der Waals surface area (Å²) in [7, 11) is -3.82. The summed E-state index contributed by atoms with van der Waals surface area (Å²) in [6, 6.07) is 8.78. The van der Waals surface area contributed by atoms with E-state index < -0.39 is 56.1 Å². The van der Waals surface area contributed by atoms with Crippen molar-refractivity contribution in [2.75, 3.05) is 0 Å². The molecule has 0 bridgehead atoms. The molecule has 2 aromatic carbocycles. The highest BCUT2D eigenvalue weighted by Crippen LogP contribution is 2.50. The molecule has 2 amide bonds. The van der Waals surface area contributed by atoms with Crippen LogP contribution >= 0.6 is 24.0 Å². The van der Waals surface area contributed by atoms with Crippen LogP contribution in [0.2, 0.25) is 0 Å². The van der Waals surface area contributed by atoms with Crippen molar-refractivity contribution in [3.05, 3.63) is 59.7 Å². The Morgan fingerprint density at radius 2 is 1.77 bits per heavy atom. The quantitative estimate of drug-likeness (QED) is 0.183. The summed E-state index contributed by atoms with van der Waals surface area (Å²) >= 11 is 6.69. The summed E-state index contributed by atoms with van der Waals surface area (Å²) in [6.45, 7) is 3.70. The van der Waals surface area contributed by atoms with E-state index in [1.807, 2.05) is 0 Å². The Bertz CT molecular complexity index is 1410. The minimum atomic E-state index is -3.82. The molecule has 208 valence electrons. The fourth-order valence-electron chi connectivity index (χ4n) is 4.51. The van der Waals surface area contributed by atoms with Crippen LogP contribution in [-0.4, -0.2) is 68.6 Å². The van der Waals surface area contributed by atoms with Gasteiger partial charge in [-0.15, -0.1) is 11.8 Å². The number of β-lactam (4-membered cyclic amide) rings is 1. The van der Waals surface area contributed by atoms with E-state index in [9.17, 15) is 33.0 Å². The number of hydrogen-bond acceptors (Lipinski definition) is 8. The molecule has 0 saturated carbocycles. The number of phenolic OH excluding ortho intramolecular Hbond substituents is 1. The number of hydrogen-bond donors (Lipinski definition) is 6. The van der Waals surface area contributed by atoms with Crippen LogP contribution in [0.3, 0.4) is 0 Å². The number of thiocarbonyl (C=S) groups is 1. The van der Waals surface area contributed by atoms with Crippen molar-refractivity contribution in [2.45, 2.75) is 53.5 Å². The molecule has 4 atom stereocenters. The van der Waals surface area contributed by atoms with E-state index in [4.69, 9.17) is 17.4 Å². The molecule has 2 aromatic rings. The lowest BCUT2D eigenvalue weighted by Crippen LogP contribution is -2.71. The predicted octanol–water partition coefficient (Wildman–Crippen LogP) is 0.377. The van der Waals surface area contributed by atoms with Crippen LogP contribution in [0.1, 0.15) is 31.0 Å².